The van der Waals surface area contributed by atoms with Gasteiger partial charge < -0.3 is 9.84 Å². The number of ether oxygens (including phenoxy) is 1. The smallest absolute Gasteiger partial charge is 0.319 e. The zero-order chi connectivity index (χ0) is 12.3. The van der Waals surface area contributed by atoms with Crippen LogP contribution in [-0.2, 0) is 14.6 Å². The Balaban J connectivity index is 3.31. The van der Waals surface area contributed by atoms with Crippen molar-refractivity contribution in [2.45, 2.75) is 11.8 Å². The molecule has 0 fully saturated rings. The molecular weight excluding hydrogens is 232 g/mol. The van der Waals surface area contributed by atoms with E-state index in [2.05, 4.69) is 0 Å². The highest BCUT2D eigenvalue weighted by molar-refractivity contribution is 7.92. The largest absolute Gasteiger partial charge is 0.495 e. The van der Waals surface area contributed by atoms with Gasteiger partial charge in [-0.25, -0.2) is 8.42 Å². The number of carboxylic acids is 1. The molecule has 0 unspecified atom stereocenters. The Morgan fingerprint density at radius 3 is 2.56 bits per heavy atom. The number of benzene rings is 1. The molecule has 1 aromatic carbocycles. The average Bonchev–Trinajstić information content (AvgIpc) is 2.15. The van der Waals surface area contributed by atoms with Crippen molar-refractivity contribution in [1.82, 2.24) is 0 Å². The number of hydrogen-bond donors (Lipinski definition) is 1. The molecule has 0 saturated carbocycles. The Morgan fingerprint density at radius 2 is 2.06 bits per heavy atom. The van der Waals surface area contributed by atoms with E-state index in [9.17, 15) is 13.2 Å². The monoisotopic (exact) mass is 244 g/mol. The Hall–Kier alpha value is -1.56. The molecule has 0 aliphatic rings. The Morgan fingerprint density at radius 1 is 1.44 bits per heavy atom. The van der Waals surface area contributed by atoms with E-state index in [0.29, 0.717) is 0 Å². The summed E-state index contributed by atoms with van der Waals surface area (Å²) in [6, 6.07) is 4.60. The second-order valence-corrected chi connectivity index (χ2v) is 5.27. The predicted molar refractivity (Wildman–Crippen MR) is 57.4 cm³/mol. The molecule has 0 aliphatic carbocycles. The maximum atomic E-state index is 11.7. The number of carboxylic acid groups (broad SMARTS) is 1. The van der Waals surface area contributed by atoms with Crippen molar-refractivity contribution in [3.05, 3.63) is 23.8 Å². The third-order valence-corrected chi connectivity index (χ3v) is 3.58. The summed E-state index contributed by atoms with van der Waals surface area (Å²) in [4.78, 5) is 10.4. The number of aryl methyl sites for hydroxylation is 1. The normalized spacial score (nSPS) is 11.1. The Kier molecular flexibility index (Phi) is 3.54. The molecule has 6 heteroatoms. The van der Waals surface area contributed by atoms with E-state index in [-0.39, 0.29) is 10.6 Å². The van der Waals surface area contributed by atoms with Gasteiger partial charge in [0.2, 0.25) is 0 Å². The van der Waals surface area contributed by atoms with Crippen LogP contribution >= 0.6 is 0 Å². The first-order valence-corrected chi connectivity index (χ1v) is 6.11. The van der Waals surface area contributed by atoms with Crippen LogP contribution < -0.4 is 4.74 Å². The summed E-state index contributed by atoms with van der Waals surface area (Å²) in [6.07, 6.45) is 0. The first-order valence-electron chi connectivity index (χ1n) is 4.46. The third kappa shape index (κ3) is 2.73. The average molecular weight is 244 g/mol. The highest BCUT2D eigenvalue weighted by atomic mass is 32.2. The summed E-state index contributed by atoms with van der Waals surface area (Å²) < 4.78 is 28.3. The lowest BCUT2D eigenvalue weighted by atomic mass is 10.2. The molecule has 0 aliphatic heterocycles. The van der Waals surface area contributed by atoms with E-state index in [4.69, 9.17) is 9.84 Å². The van der Waals surface area contributed by atoms with Gasteiger partial charge in [0.25, 0.3) is 0 Å². The van der Waals surface area contributed by atoms with E-state index in [0.717, 1.165) is 5.56 Å². The SMILES string of the molecule is COc1ccc(C)cc1S(=O)(=O)CC(=O)O. The van der Waals surface area contributed by atoms with Gasteiger partial charge >= 0.3 is 5.97 Å². The van der Waals surface area contributed by atoms with Crippen LogP contribution in [0.15, 0.2) is 23.1 Å². The fourth-order valence-electron chi connectivity index (χ4n) is 1.27. The molecule has 0 saturated heterocycles. The number of aliphatic carboxylic acids is 1. The number of rotatable bonds is 4. The molecule has 1 N–H and O–H groups in total. The van der Waals surface area contributed by atoms with Crippen LogP contribution in [0.4, 0.5) is 0 Å². The fraction of sp³-hybridized carbons (Fsp3) is 0.300. The number of carbonyl (C=O) groups is 1. The fourth-order valence-corrected chi connectivity index (χ4v) is 2.57. The van der Waals surface area contributed by atoms with Gasteiger partial charge in [-0.1, -0.05) is 6.07 Å². The van der Waals surface area contributed by atoms with E-state index in [1.54, 1.807) is 13.0 Å². The van der Waals surface area contributed by atoms with Crippen molar-refractivity contribution in [1.29, 1.82) is 0 Å². The van der Waals surface area contributed by atoms with Gasteiger partial charge in [-0.2, -0.15) is 0 Å². The van der Waals surface area contributed by atoms with Crippen LogP contribution in [0, 0.1) is 6.92 Å². The summed E-state index contributed by atoms with van der Waals surface area (Å²) in [5, 5.41) is 8.52. The lowest BCUT2D eigenvalue weighted by Crippen LogP contribution is -2.16. The quantitative estimate of drug-likeness (QED) is 0.849. The number of sulfone groups is 1. The van der Waals surface area contributed by atoms with E-state index in [1.165, 1.54) is 19.2 Å². The van der Waals surface area contributed by atoms with Crippen LogP contribution in [-0.4, -0.2) is 32.4 Å². The molecule has 0 aromatic heterocycles. The molecule has 0 heterocycles. The van der Waals surface area contributed by atoms with Crippen molar-refractivity contribution in [3.8, 4) is 5.75 Å². The molecule has 0 atom stereocenters. The lowest BCUT2D eigenvalue weighted by Gasteiger charge is -2.08. The van der Waals surface area contributed by atoms with Gasteiger partial charge in [0.05, 0.1) is 7.11 Å². The molecular formula is C10H12O5S. The van der Waals surface area contributed by atoms with Gasteiger partial charge in [-0.3, -0.25) is 4.79 Å². The highest BCUT2D eigenvalue weighted by Gasteiger charge is 2.22. The van der Waals surface area contributed by atoms with E-state index < -0.39 is 21.6 Å². The lowest BCUT2D eigenvalue weighted by molar-refractivity contribution is -0.134. The first-order chi connectivity index (χ1) is 7.36. The molecule has 1 aromatic rings. The van der Waals surface area contributed by atoms with E-state index >= 15 is 0 Å². The maximum absolute atomic E-state index is 11.7. The number of hydrogen-bond acceptors (Lipinski definition) is 4. The second-order valence-electron chi connectivity index (χ2n) is 3.31. The zero-order valence-electron chi connectivity index (χ0n) is 8.93. The van der Waals surface area contributed by atoms with Gasteiger partial charge in [-0.15, -0.1) is 0 Å². The van der Waals surface area contributed by atoms with Crippen molar-refractivity contribution in [3.63, 3.8) is 0 Å². The highest BCUT2D eigenvalue weighted by Crippen LogP contribution is 2.25. The molecule has 16 heavy (non-hydrogen) atoms. The van der Waals surface area contributed by atoms with Crippen LogP contribution in [0.2, 0.25) is 0 Å². The van der Waals surface area contributed by atoms with Gasteiger partial charge in [0.15, 0.2) is 15.6 Å². The Bertz CT molecular complexity index is 504. The van der Waals surface area contributed by atoms with Crippen molar-refractivity contribution in [2.24, 2.45) is 0 Å². The van der Waals surface area contributed by atoms with Crippen LogP contribution in [0.3, 0.4) is 0 Å². The zero-order valence-corrected chi connectivity index (χ0v) is 9.74. The van der Waals surface area contributed by atoms with Gasteiger partial charge in [-0.05, 0) is 24.6 Å². The molecule has 5 nitrogen and oxygen atoms in total. The molecule has 88 valence electrons. The Labute approximate surface area is 93.6 Å². The summed E-state index contributed by atoms with van der Waals surface area (Å²) >= 11 is 0. The summed E-state index contributed by atoms with van der Waals surface area (Å²) in [7, 11) is -2.51. The predicted octanol–water partition coefficient (Wildman–Crippen LogP) is 0.862. The topological polar surface area (TPSA) is 80.7 Å². The first kappa shape index (κ1) is 12.5. The second kappa shape index (κ2) is 4.52. The standard InChI is InChI=1S/C10H12O5S/c1-7-3-4-8(15-2)9(5-7)16(13,14)6-10(11)12/h3-5H,6H2,1-2H3,(H,11,12). The number of methoxy groups -OCH3 is 1. The summed E-state index contributed by atoms with van der Waals surface area (Å²) in [5.74, 6) is -2.16. The van der Waals surface area contributed by atoms with Crippen molar-refractivity contribution in [2.75, 3.05) is 12.9 Å². The van der Waals surface area contributed by atoms with Crippen LogP contribution in [0.5, 0.6) is 5.75 Å². The van der Waals surface area contributed by atoms with Crippen LogP contribution in [0.25, 0.3) is 0 Å². The minimum absolute atomic E-state index is 0.0857. The minimum atomic E-state index is -3.85. The molecule has 1 rings (SSSR count). The van der Waals surface area contributed by atoms with E-state index in [1.807, 2.05) is 0 Å². The molecule has 0 spiro atoms. The molecule has 0 amide bonds. The van der Waals surface area contributed by atoms with Crippen LogP contribution in [0.1, 0.15) is 5.56 Å². The van der Waals surface area contributed by atoms with Gasteiger partial charge in [0.1, 0.15) is 10.6 Å². The third-order valence-electron chi connectivity index (χ3n) is 1.97. The van der Waals surface area contributed by atoms with Gasteiger partial charge in [0, 0.05) is 0 Å². The summed E-state index contributed by atoms with van der Waals surface area (Å²) in [5.41, 5.74) is 0.727. The molecule has 0 bridgehead atoms. The van der Waals surface area contributed by atoms with Crippen molar-refractivity contribution >= 4 is 15.8 Å². The summed E-state index contributed by atoms with van der Waals surface area (Å²) in [6.45, 7) is 1.72. The van der Waals surface area contributed by atoms with Crippen molar-refractivity contribution < 1.29 is 23.1 Å². The molecule has 0 radical (unpaired) electrons. The maximum Gasteiger partial charge on any atom is 0.319 e. The minimum Gasteiger partial charge on any atom is -0.495 e.